The lowest BCUT2D eigenvalue weighted by Gasteiger charge is -2.28. The fourth-order valence-corrected chi connectivity index (χ4v) is 4.10. The predicted molar refractivity (Wildman–Crippen MR) is 122 cm³/mol. The van der Waals surface area contributed by atoms with Crippen LogP contribution in [-0.2, 0) is 16.9 Å². The molecule has 1 aliphatic heterocycles. The van der Waals surface area contributed by atoms with Crippen LogP contribution in [0.5, 0.6) is 0 Å². The van der Waals surface area contributed by atoms with Crippen molar-refractivity contribution in [1.29, 1.82) is 0 Å². The standard InChI is InChI=1S/C26H22N4O3/c1-17-13-14-21(15-18(17)2)26(20-11-7-4-8-12-20)24(31)30(25(32)28-26)16-22-27-23(29-33-22)19-9-5-3-6-10-19/h3-15H,16H2,1-2H3,(H,28,32)/t26-/m0/s1. The van der Waals surface area contributed by atoms with Crippen LogP contribution in [0.2, 0.25) is 0 Å². The molecule has 0 spiro atoms. The summed E-state index contributed by atoms with van der Waals surface area (Å²) in [7, 11) is 0. The Morgan fingerprint density at radius 2 is 1.58 bits per heavy atom. The number of urea groups is 1. The Labute approximate surface area is 191 Å². The number of benzene rings is 3. The first-order valence-corrected chi connectivity index (χ1v) is 10.6. The van der Waals surface area contributed by atoms with Gasteiger partial charge in [0.05, 0.1) is 0 Å². The molecule has 5 rings (SSSR count). The molecule has 7 nitrogen and oxygen atoms in total. The van der Waals surface area contributed by atoms with Crippen molar-refractivity contribution >= 4 is 11.9 Å². The third kappa shape index (κ3) is 3.47. The van der Waals surface area contributed by atoms with E-state index in [4.69, 9.17) is 4.52 Å². The first-order valence-electron chi connectivity index (χ1n) is 10.6. The molecule has 164 valence electrons. The highest BCUT2D eigenvalue weighted by Crippen LogP contribution is 2.37. The van der Waals surface area contributed by atoms with E-state index in [1.54, 1.807) is 0 Å². The summed E-state index contributed by atoms with van der Waals surface area (Å²) in [6.07, 6.45) is 0. The second kappa shape index (κ2) is 8.02. The minimum atomic E-state index is -1.33. The van der Waals surface area contributed by atoms with Gasteiger partial charge in [0, 0.05) is 5.56 Å². The van der Waals surface area contributed by atoms with Gasteiger partial charge < -0.3 is 9.84 Å². The van der Waals surface area contributed by atoms with Gasteiger partial charge in [0.15, 0.2) is 5.54 Å². The van der Waals surface area contributed by atoms with Crippen molar-refractivity contribution in [2.45, 2.75) is 25.9 Å². The second-order valence-electron chi connectivity index (χ2n) is 8.11. The molecule has 0 aliphatic carbocycles. The molecular weight excluding hydrogens is 416 g/mol. The van der Waals surface area contributed by atoms with Gasteiger partial charge >= 0.3 is 6.03 Å². The maximum atomic E-state index is 13.9. The Bertz CT molecular complexity index is 1330. The second-order valence-corrected chi connectivity index (χ2v) is 8.11. The van der Waals surface area contributed by atoms with Gasteiger partial charge in [-0.05, 0) is 36.1 Å². The summed E-state index contributed by atoms with van der Waals surface area (Å²) in [6.45, 7) is 3.87. The van der Waals surface area contributed by atoms with Gasteiger partial charge in [-0.3, -0.25) is 9.69 Å². The van der Waals surface area contributed by atoms with Crippen molar-refractivity contribution in [1.82, 2.24) is 20.4 Å². The Balaban J connectivity index is 1.53. The normalized spacial score (nSPS) is 17.9. The quantitative estimate of drug-likeness (QED) is 0.468. The molecule has 3 amide bonds. The first-order chi connectivity index (χ1) is 16.0. The molecule has 33 heavy (non-hydrogen) atoms. The SMILES string of the molecule is Cc1ccc([C@]2(c3ccccc3)NC(=O)N(Cc3nc(-c4ccccc4)no3)C2=O)cc1C. The molecule has 0 bridgehead atoms. The van der Waals surface area contributed by atoms with Crippen molar-refractivity contribution in [2.75, 3.05) is 0 Å². The van der Waals surface area contributed by atoms with Crippen LogP contribution >= 0.6 is 0 Å². The number of aryl methyl sites for hydroxylation is 2. The average molecular weight is 438 g/mol. The zero-order valence-corrected chi connectivity index (χ0v) is 18.3. The third-order valence-electron chi connectivity index (χ3n) is 6.05. The lowest BCUT2D eigenvalue weighted by molar-refractivity contribution is -0.130. The number of aromatic nitrogens is 2. The molecule has 1 atom stereocenters. The monoisotopic (exact) mass is 438 g/mol. The predicted octanol–water partition coefficient (Wildman–Crippen LogP) is 4.35. The van der Waals surface area contributed by atoms with E-state index in [1.807, 2.05) is 92.7 Å². The molecule has 3 aromatic carbocycles. The Morgan fingerprint density at radius 3 is 2.27 bits per heavy atom. The number of rotatable bonds is 5. The lowest BCUT2D eigenvalue weighted by atomic mass is 9.81. The summed E-state index contributed by atoms with van der Waals surface area (Å²) >= 11 is 0. The zero-order chi connectivity index (χ0) is 23.0. The van der Waals surface area contributed by atoms with Crippen LogP contribution in [0.15, 0.2) is 83.4 Å². The van der Waals surface area contributed by atoms with E-state index < -0.39 is 11.6 Å². The van der Waals surface area contributed by atoms with Crippen LogP contribution in [0.25, 0.3) is 11.4 Å². The highest BCUT2D eigenvalue weighted by Gasteiger charge is 2.54. The molecule has 0 radical (unpaired) electrons. The molecule has 1 aromatic heterocycles. The van der Waals surface area contributed by atoms with E-state index in [0.717, 1.165) is 21.6 Å². The van der Waals surface area contributed by atoms with Crippen molar-refractivity contribution in [3.63, 3.8) is 0 Å². The Kier molecular flexibility index (Phi) is 5.01. The van der Waals surface area contributed by atoms with Crippen LogP contribution in [0.4, 0.5) is 4.79 Å². The smallest absolute Gasteiger partial charge is 0.326 e. The number of hydrogen-bond acceptors (Lipinski definition) is 5. The minimum Gasteiger partial charge on any atom is -0.337 e. The average Bonchev–Trinajstić information content (AvgIpc) is 3.41. The van der Waals surface area contributed by atoms with Gasteiger partial charge in [-0.25, -0.2) is 4.79 Å². The van der Waals surface area contributed by atoms with Crippen molar-refractivity contribution in [3.05, 3.63) is 107 Å². The molecule has 1 N–H and O–H groups in total. The van der Waals surface area contributed by atoms with E-state index in [1.165, 1.54) is 0 Å². The van der Waals surface area contributed by atoms with Crippen LogP contribution < -0.4 is 5.32 Å². The van der Waals surface area contributed by atoms with E-state index in [9.17, 15) is 9.59 Å². The molecule has 1 fully saturated rings. The topological polar surface area (TPSA) is 88.3 Å². The maximum absolute atomic E-state index is 13.9. The van der Waals surface area contributed by atoms with E-state index in [0.29, 0.717) is 17.0 Å². The molecule has 0 unspecified atom stereocenters. The lowest BCUT2D eigenvalue weighted by Crippen LogP contribution is -2.45. The maximum Gasteiger partial charge on any atom is 0.326 e. The minimum absolute atomic E-state index is 0.121. The largest absolute Gasteiger partial charge is 0.337 e. The van der Waals surface area contributed by atoms with E-state index in [-0.39, 0.29) is 18.3 Å². The summed E-state index contributed by atoms with van der Waals surface area (Å²) in [5.74, 6) is 0.198. The summed E-state index contributed by atoms with van der Waals surface area (Å²) < 4.78 is 5.36. The summed E-state index contributed by atoms with van der Waals surface area (Å²) in [4.78, 5) is 32.5. The fourth-order valence-electron chi connectivity index (χ4n) is 4.10. The van der Waals surface area contributed by atoms with Gasteiger partial charge in [0.1, 0.15) is 6.54 Å². The number of carbonyl (C=O) groups excluding carboxylic acids is 2. The number of imide groups is 1. The number of hydrogen-bond donors (Lipinski definition) is 1. The number of amides is 3. The van der Waals surface area contributed by atoms with Gasteiger partial charge in [-0.1, -0.05) is 84.0 Å². The highest BCUT2D eigenvalue weighted by molar-refractivity contribution is 6.09. The molecule has 0 saturated carbocycles. The van der Waals surface area contributed by atoms with Crippen LogP contribution in [0, 0.1) is 13.8 Å². The third-order valence-corrected chi connectivity index (χ3v) is 6.05. The zero-order valence-electron chi connectivity index (χ0n) is 18.3. The van der Waals surface area contributed by atoms with Gasteiger partial charge in [-0.2, -0.15) is 4.98 Å². The van der Waals surface area contributed by atoms with Gasteiger partial charge in [0.2, 0.25) is 11.7 Å². The summed E-state index contributed by atoms with van der Waals surface area (Å²) in [6, 6.07) is 23.9. The first kappa shape index (κ1) is 20.6. The molecular formula is C26H22N4O3. The number of nitrogens with one attached hydrogen (secondary N) is 1. The van der Waals surface area contributed by atoms with Gasteiger partial charge in [0.25, 0.3) is 5.91 Å². The molecule has 2 heterocycles. The molecule has 4 aromatic rings. The van der Waals surface area contributed by atoms with Crippen molar-refractivity contribution < 1.29 is 14.1 Å². The molecule has 7 heteroatoms. The van der Waals surface area contributed by atoms with Crippen molar-refractivity contribution in [2.24, 2.45) is 0 Å². The highest BCUT2D eigenvalue weighted by atomic mass is 16.5. The molecule has 1 saturated heterocycles. The van der Waals surface area contributed by atoms with E-state index in [2.05, 4.69) is 15.5 Å². The van der Waals surface area contributed by atoms with E-state index >= 15 is 0 Å². The Morgan fingerprint density at radius 1 is 0.879 bits per heavy atom. The summed E-state index contributed by atoms with van der Waals surface area (Å²) in [5, 5.41) is 6.95. The fraction of sp³-hybridized carbons (Fsp3) is 0.154. The Hall–Kier alpha value is -4.26. The number of nitrogens with zero attached hydrogens (tertiary/aromatic N) is 3. The molecule has 1 aliphatic rings. The van der Waals surface area contributed by atoms with Crippen LogP contribution in [-0.4, -0.2) is 27.0 Å². The summed E-state index contributed by atoms with van der Waals surface area (Å²) in [5.41, 5.74) is 2.98. The number of carbonyl (C=O) groups is 2. The van der Waals surface area contributed by atoms with Crippen LogP contribution in [0.1, 0.15) is 28.1 Å². The van der Waals surface area contributed by atoms with Gasteiger partial charge in [-0.15, -0.1) is 0 Å². The van der Waals surface area contributed by atoms with Crippen molar-refractivity contribution in [3.8, 4) is 11.4 Å². The van der Waals surface area contributed by atoms with Crippen LogP contribution in [0.3, 0.4) is 0 Å².